The topological polar surface area (TPSA) is 361 Å². The molecule has 24 heteroatoms. The summed E-state index contributed by atoms with van der Waals surface area (Å²) in [7, 11) is -1.73. The number of aliphatic hydroxyl groups excluding tert-OH is 1. The lowest BCUT2D eigenvalue weighted by Crippen LogP contribution is -2.60. The van der Waals surface area contributed by atoms with E-state index in [9.17, 15) is 32.3 Å². The van der Waals surface area contributed by atoms with Crippen molar-refractivity contribution in [2.75, 3.05) is 38.2 Å². The first-order valence-corrected chi connectivity index (χ1v) is 39.4. The second kappa shape index (κ2) is 37.8. The van der Waals surface area contributed by atoms with Crippen LogP contribution in [0.5, 0.6) is 0 Å². The van der Waals surface area contributed by atoms with Crippen molar-refractivity contribution in [1.82, 2.24) is 36.5 Å². The summed E-state index contributed by atoms with van der Waals surface area (Å²) >= 11 is 0. The van der Waals surface area contributed by atoms with Gasteiger partial charge in [0, 0.05) is 98.4 Å². The molecule has 13 N–H and O–H groups in total. The Morgan fingerprint density at radius 1 is 0.623 bits per heavy atom. The number of hydrogen-bond donors (Lipinski definition) is 10. The first-order valence-electron chi connectivity index (χ1n) is 37.6. The van der Waals surface area contributed by atoms with E-state index in [-0.39, 0.29) is 131 Å². The molecule has 2 saturated heterocycles. The maximum atomic E-state index is 15.4. The van der Waals surface area contributed by atoms with E-state index in [1.165, 1.54) is 53.5 Å². The minimum absolute atomic E-state index is 0.00611. The third-order valence-corrected chi connectivity index (χ3v) is 23.5. The monoisotopic (exact) mass is 1470 g/mol. The fraction of sp³-hybridized carbons (Fsp3) is 0.476. The fourth-order valence-electron chi connectivity index (χ4n) is 16.0. The van der Waals surface area contributed by atoms with E-state index >= 15 is 24.0 Å². The van der Waals surface area contributed by atoms with Gasteiger partial charge in [-0.3, -0.25) is 43.3 Å². The molecule has 0 unspecified atom stereocenters. The van der Waals surface area contributed by atoms with E-state index in [1.54, 1.807) is 66.9 Å². The molecule has 0 saturated carbocycles. The number of allylic oxidation sites excluding steroid dienone is 1. The Hall–Kier alpha value is -9.23. The van der Waals surface area contributed by atoms with Crippen molar-refractivity contribution in [3.05, 3.63) is 184 Å². The fourth-order valence-corrected chi connectivity index (χ4v) is 17.8. The maximum absolute atomic E-state index is 15.4. The van der Waals surface area contributed by atoms with Crippen LogP contribution in [0, 0.1) is 29.5 Å². The van der Waals surface area contributed by atoms with E-state index in [1.807, 2.05) is 24.3 Å². The van der Waals surface area contributed by atoms with Crippen molar-refractivity contribution in [2.45, 2.75) is 184 Å². The molecule has 2 fully saturated rings. The number of aliphatic imine (C=N–C) groups is 1. The number of nitrogens with one attached hydrogen (secondary N) is 6. The quantitative estimate of drug-likeness (QED) is 0.0184. The number of guanidine groups is 1. The molecule has 4 aliphatic rings. The van der Waals surface area contributed by atoms with Crippen LogP contribution in [0.4, 0.5) is 4.39 Å². The predicted octanol–water partition coefficient (Wildman–Crippen LogP) is 7.12. The molecule has 566 valence electrons. The average Bonchev–Trinajstić information content (AvgIpc) is 1.48. The van der Waals surface area contributed by atoms with E-state index < -0.39 is 111 Å². The highest BCUT2D eigenvalue weighted by Crippen LogP contribution is 2.49. The molecule has 2 aliphatic heterocycles. The SMILES string of the molecule is C[C@@H](O)[C@@H]1NC(=O)[C@H](CCCCN)NC(=O)[C@@H](Cc2c[nH]c3ccccc23)NC(=O)[C@H](Cc2ccccc2)NC(=O)[C@H](Cc2ccccc2)NC(=O)[C@H](CCCN=C(N)N)CC(=O)[C@H](CCS(=O)(=O)C[C@@H]2C[C@@H]3c4cccc5c4C(=CC5)C[C@H]3N(C)C2)CCCCCC(=O)[C@H](Cc2ccc(F)cc2)CC1=O. The highest BCUT2D eigenvalue weighted by Gasteiger charge is 2.43. The smallest absolute Gasteiger partial charge is 0.243 e. The number of ketones is 3. The van der Waals surface area contributed by atoms with E-state index in [0.29, 0.717) is 67.3 Å². The molecule has 1 aromatic heterocycles. The average molecular weight is 1470 g/mol. The number of unbranched alkanes of at least 4 members (excludes halogenated alkanes) is 1. The number of benzene rings is 5. The second-order valence-corrected chi connectivity index (χ2v) is 31.8. The van der Waals surface area contributed by atoms with Crippen LogP contribution in [-0.2, 0) is 80.3 Å². The van der Waals surface area contributed by atoms with E-state index in [2.05, 4.69) is 72.8 Å². The van der Waals surface area contributed by atoms with Gasteiger partial charge in [-0.05, 0) is 166 Å². The number of likely N-dealkylation sites (N-methyl/N-ethyl adjacent to an activating group) is 1. The Labute approximate surface area is 620 Å². The van der Waals surface area contributed by atoms with Crippen molar-refractivity contribution in [2.24, 2.45) is 45.9 Å². The molecule has 10 rings (SSSR count). The van der Waals surface area contributed by atoms with Gasteiger partial charge >= 0.3 is 0 Å². The van der Waals surface area contributed by atoms with Gasteiger partial charge in [0.05, 0.1) is 17.6 Å². The van der Waals surface area contributed by atoms with Crippen molar-refractivity contribution in [3.63, 3.8) is 0 Å². The third kappa shape index (κ3) is 22.0. The summed E-state index contributed by atoms with van der Waals surface area (Å²) in [5.41, 5.74) is 25.9. The molecule has 6 aromatic rings. The van der Waals surface area contributed by atoms with Crippen LogP contribution < -0.4 is 43.8 Å². The third-order valence-electron chi connectivity index (χ3n) is 21.7. The number of rotatable bonds is 22. The predicted molar refractivity (Wildman–Crippen MR) is 408 cm³/mol. The summed E-state index contributed by atoms with van der Waals surface area (Å²) < 4.78 is 43.7. The Morgan fingerprint density at radius 3 is 1.92 bits per heavy atom. The number of Topliss-reactive ketones (excluding diaryl/α,β-unsaturated/α-hetero) is 3. The van der Waals surface area contributed by atoms with E-state index in [4.69, 9.17) is 17.2 Å². The Balaban J connectivity index is 0.988. The highest BCUT2D eigenvalue weighted by molar-refractivity contribution is 7.91. The van der Waals surface area contributed by atoms with Gasteiger partial charge in [-0.2, -0.15) is 0 Å². The number of nitrogens with two attached hydrogens (primary N) is 3. The van der Waals surface area contributed by atoms with E-state index in [0.717, 1.165) is 23.7 Å². The zero-order chi connectivity index (χ0) is 75.4. The largest absolute Gasteiger partial charge is 0.391 e. The van der Waals surface area contributed by atoms with Crippen LogP contribution in [0.2, 0.25) is 0 Å². The number of halogens is 1. The van der Waals surface area contributed by atoms with Crippen molar-refractivity contribution < 1.29 is 56.3 Å². The number of nitrogens with zero attached hydrogens (tertiary/aromatic N) is 2. The second-order valence-electron chi connectivity index (χ2n) is 29.6. The summed E-state index contributed by atoms with van der Waals surface area (Å²) in [5.74, 6) is -9.39. The normalized spacial score (nSPS) is 24.8. The first kappa shape index (κ1) is 79.3. The molecule has 22 nitrogen and oxygen atoms in total. The van der Waals surface area contributed by atoms with Gasteiger partial charge in [0.25, 0.3) is 0 Å². The zero-order valence-electron chi connectivity index (χ0n) is 60.8. The number of aliphatic hydroxyl groups is 1. The van der Waals surface area contributed by atoms with Gasteiger partial charge in [0.15, 0.2) is 21.6 Å². The molecule has 2 aliphatic carbocycles. The number of amides is 5. The summed E-state index contributed by atoms with van der Waals surface area (Å²) in [6.07, 6.45) is 6.12. The minimum atomic E-state index is -3.80. The molecular formula is C82H104FN11O11S. The summed E-state index contributed by atoms with van der Waals surface area (Å²) in [6.45, 7) is 2.25. The van der Waals surface area contributed by atoms with Crippen LogP contribution in [0.25, 0.3) is 16.5 Å². The lowest BCUT2D eigenvalue weighted by Gasteiger charge is -2.46. The van der Waals surface area contributed by atoms with Gasteiger partial charge in [0.2, 0.25) is 29.5 Å². The maximum Gasteiger partial charge on any atom is 0.243 e. The van der Waals surface area contributed by atoms with Crippen LogP contribution in [-0.4, -0.2) is 157 Å². The first-order chi connectivity index (χ1) is 51.0. The van der Waals surface area contributed by atoms with Gasteiger partial charge < -0.3 is 58.8 Å². The number of carbonyl (C=O) groups excluding carboxylic acids is 8. The molecule has 106 heavy (non-hydrogen) atoms. The van der Waals surface area contributed by atoms with Crippen LogP contribution in [0.15, 0.2) is 145 Å². The van der Waals surface area contributed by atoms with Crippen LogP contribution in [0.3, 0.4) is 0 Å². The number of H-pyrrole nitrogens is 1. The standard InChI is InChI=1S/C82H104FN11O11S/c1-51(95)76-74(98)47-60(40-54-30-34-62(83)35-31-54)72(96)29-11-5-10-22-56(36-39-106(104,105)50-55-41-65-64-26-16-23-57-32-33-58(75(57)64)45-71(65)94(2)49-55)73(97)46-59(24-17-38-87-82(85)86)77(99)90-68(42-52-18-6-3-7-19-52)79(101)91-69(43-53-20-8-4-9-21-53)80(102)92-70(44-61-48-88-66-27-13-12-25-63(61)66)81(103)89-67(78(100)93-76)28-14-15-37-84/h3-4,6-9,12-13,16,18-21,23,25-27,30-31,33-35,48,51,55-56,59-60,65,67-71,76,88,95H,5,10-11,14-15,17,22,24,28-29,32,36-47,49-50,84H2,1-2H3,(H,89,103)(H,90,99)(H,91,101)(H,92,102)(H,93,100)(H4,85,86,87)/t51-,55-,56+,59-,60-,65-,67+,68+,69+,70-,71-,76+/m1/s1. The molecule has 12 atom stereocenters. The lowest BCUT2D eigenvalue weighted by molar-refractivity contribution is -0.136. The van der Waals surface area contributed by atoms with Gasteiger partial charge in [-0.15, -0.1) is 0 Å². The number of aromatic amines is 1. The number of carbonyl (C=O) groups is 8. The highest BCUT2D eigenvalue weighted by atomic mass is 32.2. The molecule has 3 heterocycles. The number of fused-ring (bicyclic) bond motifs is 3. The Kier molecular flexibility index (Phi) is 28.3. The van der Waals surface area contributed by atoms with Crippen LogP contribution >= 0.6 is 0 Å². The summed E-state index contributed by atoms with van der Waals surface area (Å²) in [5, 5.41) is 26.4. The van der Waals surface area contributed by atoms with Crippen LogP contribution in [0.1, 0.15) is 148 Å². The van der Waals surface area contributed by atoms with Gasteiger partial charge in [-0.25, -0.2) is 12.8 Å². The molecule has 0 bridgehead atoms. The van der Waals surface area contributed by atoms with Crippen molar-refractivity contribution in [3.8, 4) is 0 Å². The number of piperidine rings is 1. The van der Waals surface area contributed by atoms with Crippen molar-refractivity contribution in [1.29, 1.82) is 0 Å². The molecule has 0 spiro atoms. The summed E-state index contributed by atoms with van der Waals surface area (Å²) in [6, 6.07) is 30.2. The molecule has 5 aromatic carbocycles. The Bertz CT molecular complexity index is 4220. The molecular weight excluding hydrogens is 1370 g/mol. The van der Waals surface area contributed by atoms with Gasteiger partial charge in [-0.1, -0.05) is 128 Å². The minimum Gasteiger partial charge on any atom is -0.391 e. The Morgan fingerprint density at radius 2 is 1.25 bits per heavy atom. The number of hydrogen-bond acceptors (Lipinski definition) is 14. The van der Waals surface area contributed by atoms with Gasteiger partial charge in [0.1, 0.15) is 47.6 Å². The summed E-state index contributed by atoms with van der Waals surface area (Å²) in [4.78, 5) is 130. The zero-order valence-corrected chi connectivity index (χ0v) is 61.6. The number of aromatic nitrogens is 1. The number of likely N-dealkylation sites (tertiary alicyclic amines) is 1. The lowest BCUT2D eigenvalue weighted by atomic mass is 9.70. The molecule has 0 radical (unpaired) electrons. The number of sulfone groups is 1. The van der Waals surface area contributed by atoms with Crippen molar-refractivity contribution >= 4 is 79.2 Å². The molecule has 5 amide bonds. The number of para-hydroxylation sites is 1.